The van der Waals surface area contributed by atoms with Crippen molar-refractivity contribution in [3.63, 3.8) is 0 Å². The SMILES string of the molecule is Cc1c(C)c(C)c(OC(C)(c2c(C)c(C)c(C)c(C)c2C)C(C)(C)C(C)(C)C)c(C)c1C. The Balaban J connectivity index is 3.03. The molecule has 0 aliphatic rings. The number of hydrogen-bond acceptors (Lipinski definition) is 1. The Hall–Kier alpha value is -1.76. The van der Waals surface area contributed by atoms with Gasteiger partial charge in [0.15, 0.2) is 0 Å². The molecular formula is C31H48O. The molecule has 32 heavy (non-hydrogen) atoms. The summed E-state index contributed by atoms with van der Waals surface area (Å²) in [6, 6.07) is 0. The van der Waals surface area contributed by atoms with Gasteiger partial charge in [-0.1, -0.05) is 34.6 Å². The van der Waals surface area contributed by atoms with E-state index in [1.165, 1.54) is 61.2 Å². The van der Waals surface area contributed by atoms with Crippen LogP contribution >= 0.6 is 0 Å². The van der Waals surface area contributed by atoms with Gasteiger partial charge in [-0.2, -0.15) is 0 Å². The van der Waals surface area contributed by atoms with Gasteiger partial charge < -0.3 is 4.74 Å². The van der Waals surface area contributed by atoms with Gasteiger partial charge >= 0.3 is 0 Å². The van der Waals surface area contributed by atoms with Crippen molar-refractivity contribution in [3.05, 3.63) is 61.2 Å². The molecule has 0 N–H and O–H groups in total. The van der Waals surface area contributed by atoms with Gasteiger partial charge in [-0.25, -0.2) is 0 Å². The fraction of sp³-hybridized carbons (Fsp3) is 0.613. The van der Waals surface area contributed by atoms with E-state index in [0.717, 1.165) is 5.75 Å². The van der Waals surface area contributed by atoms with Crippen molar-refractivity contribution in [1.82, 2.24) is 0 Å². The first-order valence-electron chi connectivity index (χ1n) is 12.2. The standard InChI is InChI=1S/C31H48O/c1-17-19(3)23(7)27(24(8)20(17)4)31(16,30(14,15)29(11,12)13)32-28-25(9)21(5)18(2)22(6)26(28)10/h1-16H3. The molecule has 1 unspecified atom stereocenters. The Bertz CT molecular complexity index is 1000. The molecule has 2 aromatic rings. The van der Waals surface area contributed by atoms with E-state index < -0.39 is 5.60 Å². The third-order valence-corrected chi connectivity index (χ3v) is 9.78. The van der Waals surface area contributed by atoms with E-state index in [1.807, 2.05) is 0 Å². The Kier molecular flexibility index (Phi) is 6.81. The van der Waals surface area contributed by atoms with Crippen LogP contribution in [-0.4, -0.2) is 0 Å². The zero-order valence-electron chi connectivity index (χ0n) is 23.9. The number of hydrogen-bond donors (Lipinski definition) is 0. The molecule has 2 aromatic carbocycles. The van der Waals surface area contributed by atoms with Gasteiger partial charge in [0.2, 0.25) is 0 Å². The summed E-state index contributed by atoms with van der Waals surface area (Å²) in [6.45, 7) is 36.6. The summed E-state index contributed by atoms with van der Waals surface area (Å²) < 4.78 is 7.37. The van der Waals surface area contributed by atoms with Crippen molar-refractivity contribution >= 4 is 0 Å². The molecule has 2 rings (SSSR count). The lowest BCUT2D eigenvalue weighted by atomic mass is 9.57. The van der Waals surface area contributed by atoms with Crippen LogP contribution in [0.15, 0.2) is 0 Å². The zero-order valence-corrected chi connectivity index (χ0v) is 23.9. The molecule has 0 aromatic heterocycles. The molecular weight excluding hydrogens is 388 g/mol. The highest BCUT2D eigenvalue weighted by molar-refractivity contribution is 5.56. The van der Waals surface area contributed by atoms with Crippen LogP contribution < -0.4 is 4.74 Å². The van der Waals surface area contributed by atoms with Crippen LogP contribution in [0, 0.1) is 80.1 Å². The Morgan fingerprint density at radius 3 is 1.00 bits per heavy atom. The van der Waals surface area contributed by atoms with Gasteiger partial charge in [0, 0.05) is 11.0 Å². The predicted octanol–water partition coefficient (Wildman–Crippen LogP) is 9.14. The summed E-state index contributed by atoms with van der Waals surface area (Å²) >= 11 is 0. The van der Waals surface area contributed by atoms with Gasteiger partial charge in [-0.3, -0.25) is 0 Å². The molecule has 0 spiro atoms. The lowest BCUT2D eigenvalue weighted by Gasteiger charge is -2.53. The molecule has 0 saturated carbocycles. The van der Waals surface area contributed by atoms with Crippen molar-refractivity contribution in [3.8, 4) is 5.75 Å². The van der Waals surface area contributed by atoms with E-state index in [2.05, 4.69) is 111 Å². The first kappa shape index (κ1) is 26.5. The maximum atomic E-state index is 7.37. The lowest BCUT2D eigenvalue weighted by Crippen LogP contribution is -2.52. The summed E-state index contributed by atoms with van der Waals surface area (Å²) in [5, 5.41) is 0. The maximum absolute atomic E-state index is 7.37. The monoisotopic (exact) mass is 436 g/mol. The topological polar surface area (TPSA) is 9.23 Å². The number of rotatable bonds is 4. The molecule has 0 aliphatic carbocycles. The first-order chi connectivity index (χ1) is 14.3. The normalized spacial score (nSPS) is 14.5. The molecule has 1 nitrogen and oxygen atoms in total. The van der Waals surface area contributed by atoms with E-state index >= 15 is 0 Å². The van der Waals surface area contributed by atoms with Crippen LogP contribution in [-0.2, 0) is 5.60 Å². The van der Waals surface area contributed by atoms with Crippen molar-refractivity contribution in [1.29, 1.82) is 0 Å². The molecule has 0 fully saturated rings. The Morgan fingerprint density at radius 2 is 0.688 bits per heavy atom. The highest BCUT2D eigenvalue weighted by Gasteiger charge is 2.53. The molecule has 0 bridgehead atoms. The van der Waals surface area contributed by atoms with Crippen molar-refractivity contribution in [2.24, 2.45) is 10.8 Å². The van der Waals surface area contributed by atoms with Gasteiger partial charge in [0.05, 0.1) is 0 Å². The molecule has 1 atom stereocenters. The molecule has 1 heteroatoms. The van der Waals surface area contributed by atoms with Gasteiger partial charge in [-0.15, -0.1) is 0 Å². The summed E-state index contributed by atoms with van der Waals surface area (Å²) in [5.41, 5.74) is 14.2. The van der Waals surface area contributed by atoms with Crippen LogP contribution in [0.4, 0.5) is 0 Å². The molecule has 0 aliphatic heterocycles. The Labute approximate surface area is 199 Å². The first-order valence-corrected chi connectivity index (χ1v) is 12.2. The van der Waals surface area contributed by atoms with Crippen molar-refractivity contribution < 1.29 is 4.74 Å². The summed E-state index contributed by atoms with van der Waals surface area (Å²) in [5.74, 6) is 1.06. The smallest absolute Gasteiger partial charge is 0.137 e. The minimum absolute atomic E-state index is 0.0317. The van der Waals surface area contributed by atoms with Gasteiger partial charge in [-0.05, 0) is 137 Å². The van der Waals surface area contributed by atoms with Crippen LogP contribution in [0.5, 0.6) is 5.75 Å². The number of benzene rings is 2. The average Bonchev–Trinajstić information content (AvgIpc) is 2.70. The molecule has 0 radical (unpaired) electrons. The van der Waals surface area contributed by atoms with Gasteiger partial charge in [0.1, 0.15) is 11.4 Å². The van der Waals surface area contributed by atoms with E-state index in [1.54, 1.807) is 0 Å². The van der Waals surface area contributed by atoms with Crippen LogP contribution in [0.2, 0.25) is 0 Å². The Morgan fingerprint density at radius 1 is 0.406 bits per heavy atom. The zero-order chi connectivity index (χ0) is 25.1. The van der Waals surface area contributed by atoms with Crippen molar-refractivity contribution in [2.75, 3.05) is 0 Å². The second kappa shape index (κ2) is 8.23. The van der Waals surface area contributed by atoms with Crippen LogP contribution in [0.25, 0.3) is 0 Å². The van der Waals surface area contributed by atoms with E-state index in [9.17, 15) is 0 Å². The van der Waals surface area contributed by atoms with Crippen LogP contribution in [0.3, 0.4) is 0 Å². The lowest BCUT2D eigenvalue weighted by molar-refractivity contribution is -0.0960. The number of ether oxygens (including phenoxy) is 1. The minimum Gasteiger partial charge on any atom is -0.482 e. The van der Waals surface area contributed by atoms with Gasteiger partial charge in [0.25, 0.3) is 0 Å². The van der Waals surface area contributed by atoms with Crippen LogP contribution in [0.1, 0.15) is 103 Å². The highest BCUT2D eigenvalue weighted by atomic mass is 16.5. The quantitative estimate of drug-likeness (QED) is 0.464. The molecule has 0 amide bonds. The predicted molar refractivity (Wildman–Crippen MR) is 141 cm³/mol. The second-order valence-electron chi connectivity index (χ2n) is 12.0. The van der Waals surface area contributed by atoms with Crippen molar-refractivity contribution in [2.45, 2.75) is 116 Å². The van der Waals surface area contributed by atoms with E-state index in [0.29, 0.717) is 0 Å². The minimum atomic E-state index is -0.508. The fourth-order valence-corrected chi connectivity index (χ4v) is 5.25. The summed E-state index contributed by atoms with van der Waals surface area (Å²) in [7, 11) is 0. The summed E-state index contributed by atoms with van der Waals surface area (Å²) in [6.07, 6.45) is 0. The largest absolute Gasteiger partial charge is 0.482 e. The molecule has 0 saturated heterocycles. The highest BCUT2D eigenvalue weighted by Crippen LogP contribution is 2.56. The third-order valence-electron chi connectivity index (χ3n) is 9.78. The maximum Gasteiger partial charge on any atom is 0.137 e. The van der Waals surface area contributed by atoms with E-state index in [4.69, 9.17) is 4.74 Å². The average molecular weight is 437 g/mol. The fourth-order valence-electron chi connectivity index (χ4n) is 5.25. The third kappa shape index (κ3) is 3.70. The summed E-state index contributed by atoms with van der Waals surface area (Å²) in [4.78, 5) is 0. The molecule has 0 heterocycles. The van der Waals surface area contributed by atoms with E-state index in [-0.39, 0.29) is 10.8 Å². The molecule has 178 valence electrons. The second-order valence-corrected chi connectivity index (χ2v) is 12.0.